The Hall–Kier alpha value is -0.570. The van der Waals surface area contributed by atoms with Crippen LogP contribution in [0.1, 0.15) is 53.4 Å². The third kappa shape index (κ3) is 5.38. The Morgan fingerprint density at radius 2 is 1.83 bits per heavy atom. The molecular weight excluding hydrogens is 224 g/mol. The second kappa shape index (κ2) is 7.78. The summed E-state index contributed by atoms with van der Waals surface area (Å²) in [4.78, 5) is 14.5. The van der Waals surface area contributed by atoms with Gasteiger partial charge in [0, 0.05) is 18.5 Å². The summed E-state index contributed by atoms with van der Waals surface area (Å²) in [5.41, 5.74) is 0. The van der Waals surface area contributed by atoms with E-state index in [4.69, 9.17) is 0 Å². The molecule has 3 heteroatoms. The molecule has 1 fully saturated rings. The second-order valence-corrected chi connectivity index (χ2v) is 6.23. The average molecular weight is 254 g/mol. The van der Waals surface area contributed by atoms with E-state index in [1.165, 1.54) is 6.42 Å². The molecule has 0 unspecified atom stereocenters. The minimum Gasteiger partial charge on any atom is -0.356 e. The van der Waals surface area contributed by atoms with Gasteiger partial charge in [0.05, 0.1) is 0 Å². The lowest BCUT2D eigenvalue weighted by Crippen LogP contribution is -2.43. The largest absolute Gasteiger partial charge is 0.356 e. The van der Waals surface area contributed by atoms with E-state index >= 15 is 0 Å². The maximum absolute atomic E-state index is 12.0. The number of carbonyl (C=O) groups excluding carboxylic acids is 1. The van der Waals surface area contributed by atoms with Crippen molar-refractivity contribution in [1.82, 2.24) is 10.2 Å². The Balaban J connectivity index is 2.16. The maximum atomic E-state index is 12.0. The monoisotopic (exact) mass is 254 g/mol. The maximum Gasteiger partial charge on any atom is 0.223 e. The topological polar surface area (TPSA) is 32.3 Å². The lowest BCUT2D eigenvalue weighted by Gasteiger charge is -2.33. The van der Waals surface area contributed by atoms with E-state index in [1.54, 1.807) is 0 Å². The van der Waals surface area contributed by atoms with Gasteiger partial charge in [0.25, 0.3) is 0 Å². The first-order chi connectivity index (χ1) is 8.50. The molecule has 1 saturated heterocycles. The zero-order valence-electron chi connectivity index (χ0n) is 12.5. The fourth-order valence-electron chi connectivity index (χ4n) is 2.54. The average Bonchev–Trinajstić information content (AvgIpc) is 2.34. The fraction of sp³-hybridized carbons (Fsp3) is 0.933. The van der Waals surface area contributed by atoms with Crippen molar-refractivity contribution in [1.29, 1.82) is 0 Å². The molecule has 0 spiro atoms. The van der Waals surface area contributed by atoms with Gasteiger partial charge in [-0.05, 0) is 58.5 Å². The molecule has 0 saturated carbocycles. The molecule has 1 aliphatic heterocycles. The van der Waals surface area contributed by atoms with Crippen LogP contribution >= 0.6 is 0 Å². The molecule has 0 radical (unpaired) electrons. The van der Waals surface area contributed by atoms with Crippen molar-refractivity contribution in [3.8, 4) is 0 Å². The molecule has 1 amide bonds. The minimum atomic E-state index is 0.249. The molecule has 18 heavy (non-hydrogen) atoms. The van der Waals surface area contributed by atoms with E-state index in [2.05, 4.69) is 37.9 Å². The summed E-state index contributed by atoms with van der Waals surface area (Å²) in [6.07, 6.45) is 4.35. The van der Waals surface area contributed by atoms with Gasteiger partial charge in [-0.15, -0.1) is 0 Å². The highest BCUT2D eigenvalue weighted by molar-refractivity contribution is 5.78. The zero-order valence-corrected chi connectivity index (χ0v) is 12.5. The number of rotatable bonds is 6. The normalized spacial score (nSPS) is 18.6. The standard InChI is InChI=1S/C15H30N2O/c1-12(2)6-5-9-16-15(18)14-7-10-17(11-8-14)13(3)4/h12-14H,5-11H2,1-4H3,(H,16,18). The van der Waals surface area contributed by atoms with Crippen LogP contribution in [0.3, 0.4) is 0 Å². The Bertz CT molecular complexity index is 243. The van der Waals surface area contributed by atoms with Crippen molar-refractivity contribution < 1.29 is 4.79 Å². The van der Waals surface area contributed by atoms with Crippen LogP contribution in [0.25, 0.3) is 0 Å². The highest BCUT2D eigenvalue weighted by Gasteiger charge is 2.25. The Morgan fingerprint density at radius 1 is 1.22 bits per heavy atom. The van der Waals surface area contributed by atoms with Gasteiger partial charge in [0.2, 0.25) is 5.91 Å². The van der Waals surface area contributed by atoms with Crippen LogP contribution < -0.4 is 5.32 Å². The van der Waals surface area contributed by atoms with Gasteiger partial charge >= 0.3 is 0 Å². The number of piperidine rings is 1. The molecule has 1 rings (SSSR count). The van der Waals surface area contributed by atoms with Crippen LogP contribution in [-0.4, -0.2) is 36.5 Å². The summed E-state index contributed by atoms with van der Waals surface area (Å²) in [7, 11) is 0. The molecule has 0 aromatic heterocycles. The molecule has 106 valence electrons. The number of likely N-dealkylation sites (tertiary alicyclic amines) is 1. The van der Waals surface area contributed by atoms with E-state index in [1.807, 2.05) is 0 Å². The number of hydrogen-bond acceptors (Lipinski definition) is 2. The quantitative estimate of drug-likeness (QED) is 0.739. The summed E-state index contributed by atoms with van der Waals surface area (Å²) >= 11 is 0. The highest BCUT2D eigenvalue weighted by atomic mass is 16.1. The van der Waals surface area contributed by atoms with Crippen molar-refractivity contribution in [2.45, 2.75) is 59.4 Å². The first kappa shape index (κ1) is 15.5. The van der Waals surface area contributed by atoms with E-state index in [0.717, 1.165) is 44.8 Å². The first-order valence-electron chi connectivity index (χ1n) is 7.52. The van der Waals surface area contributed by atoms with Crippen LogP contribution in [0.4, 0.5) is 0 Å². The number of hydrogen-bond donors (Lipinski definition) is 1. The lowest BCUT2D eigenvalue weighted by atomic mass is 9.95. The first-order valence-corrected chi connectivity index (χ1v) is 7.52. The number of amides is 1. The van der Waals surface area contributed by atoms with Gasteiger partial charge in [-0.2, -0.15) is 0 Å². The SMILES string of the molecule is CC(C)CCCNC(=O)C1CCN(C(C)C)CC1. The van der Waals surface area contributed by atoms with Crippen LogP contribution in [0.5, 0.6) is 0 Å². The summed E-state index contributed by atoms with van der Waals surface area (Å²) in [6, 6.07) is 0.611. The molecule has 1 aliphatic rings. The number of nitrogens with zero attached hydrogens (tertiary/aromatic N) is 1. The van der Waals surface area contributed by atoms with Gasteiger partial charge in [-0.3, -0.25) is 4.79 Å². The third-order valence-electron chi connectivity index (χ3n) is 3.89. The van der Waals surface area contributed by atoms with E-state index in [0.29, 0.717) is 6.04 Å². The van der Waals surface area contributed by atoms with E-state index in [9.17, 15) is 4.79 Å². The number of carbonyl (C=O) groups is 1. The molecule has 0 aromatic carbocycles. The summed E-state index contributed by atoms with van der Waals surface area (Å²) in [6.45, 7) is 11.9. The Labute approximate surface area is 112 Å². The van der Waals surface area contributed by atoms with E-state index < -0.39 is 0 Å². The number of nitrogens with one attached hydrogen (secondary N) is 1. The van der Waals surface area contributed by atoms with Crippen LogP contribution in [0, 0.1) is 11.8 Å². The molecule has 0 bridgehead atoms. The predicted molar refractivity (Wildman–Crippen MR) is 76.5 cm³/mol. The second-order valence-electron chi connectivity index (χ2n) is 6.23. The van der Waals surface area contributed by atoms with Gasteiger partial charge in [0.1, 0.15) is 0 Å². The van der Waals surface area contributed by atoms with Crippen LogP contribution in [0.2, 0.25) is 0 Å². The van der Waals surface area contributed by atoms with Crippen molar-refractivity contribution in [3.63, 3.8) is 0 Å². The smallest absolute Gasteiger partial charge is 0.223 e. The summed E-state index contributed by atoms with van der Waals surface area (Å²) in [5, 5.41) is 3.09. The van der Waals surface area contributed by atoms with Crippen LogP contribution in [0.15, 0.2) is 0 Å². The lowest BCUT2D eigenvalue weighted by molar-refractivity contribution is -0.126. The molecule has 1 heterocycles. The van der Waals surface area contributed by atoms with Crippen molar-refractivity contribution in [3.05, 3.63) is 0 Å². The fourth-order valence-corrected chi connectivity index (χ4v) is 2.54. The summed E-state index contributed by atoms with van der Waals surface area (Å²) < 4.78 is 0. The summed E-state index contributed by atoms with van der Waals surface area (Å²) in [5.74, 6) is 1.26. The van der Waals surface area contributed by atoms with Gasteiger partial charge in [-0.25, -0.2) is 0 Å². The Kier molecular flexibility index (Phi) is 6.69. The molecule has 0 aromatic rings. The third-order valence-corrected chi connectivity index (χ3v) is 3.89. The van der Waals surface area contributed by atoms with Gasteiger partial charge in [-0.1, -0.05) is 13.8 Å². The molecular formula is C15H30N2O. The zero-order chi connectivity index (χ0) is 13.5. The van der Waals surface area contributed by atoms with Crippen molar-refractivity contribution >= 4 is 5.91 Å². The molecule has 1 N–H and O–H groups in total. The van der Waals surface area contributed by atoms with Crippen LogP contribution in [-0.2, 0) is 4.79 Å². The highest BCUT2D eigenvalue weighted by Crippen LogP contribution is 2.18. The van der Waals surface area contributed by atoms with E-state index in [-0.39, 0.29) is 11.8 Å². The Morgan fingerprint density at radius 3 is 2.33 bits per heavy atom. The minimum absolute atomic E-state index is 0.249. The van der Waals surface area contributed by atoms with Gasteiger partial charge in [0.15, 0.2) is 0 Å². The molecule has 0 aliphatic carbocycles. The molecule has 3 nitrogen and oxygen atoms in total. The molecule has 0 atom stereocenters. The van der Waals surface area contributed by atoms with Gasteiger partial charge < -0.3 is 10.2 Å². The predicted octanol–water partition coefficient (Wildman–Crippen LogP) is 2.66. The van der Waals surface area contributed by atoms with Crippen molar-refractivity contribution in [2.75, 3.05) is 19.6 Å². The van der Waals surface area contributed by atoms with Crippen molar-refractivity contribution in [2.24, 2.45) is 11.8 Å².